The number of hydrogen-bond donors (Lipinski definition) is 1. The number of nitrogens with zero attached hydrogens (tertiary/aromatic N) is 3. The quantitative estimate of drug-likeness (QED) is 0.847. The summed E-state index contributed by atoms with van der Waals surface area (Å²) in [5.74, 6) is 1.42. The van der Waals surface area contributed by atoms with Crippen molar-refractivity contribution in [2.24, 2.45) is 0 Å². The first kappa shape index (κ1) is 12.3. The first-order chi connectivity index (χ1) is 8.00. The summed E-state index contributed by atoms with van der Waals surface area (Å²) in [5.41, 5.74) is 1.16. The Balaban J connectivity index is 2.21. The molecule has 0 bridgehead atoms. The van der Waals surface area contributed by atoms with E-state index in [-0.39, 0.29) is 5.54 Å². The van der Waals surface area contributed by atoms with Gasteiger partial charge in [-0.1, -0.05) is 13.8 Å². The van der Waals surface area contributed by atoms with Gasteiger partial charge in [0.25, 0.3) is 0 Å². The molecule has 2 heterocycles. The molecule has 94 valence electrons. The second-order valence-corrected chi connectivity index (χ2v) is 5.61. The van der Waals surface area contributed by atoms with Crippen LogP contribution in [0.1, 0.15) is 39.3 Å². The molecule has 0 atom stereocenters. The zero-order valence-corrected chi connectivity index (χ0v) is 11.2. The molecule has 0 saturated carbocycles. The minimum absolute atomic E-state index is 0.103. The van der Waals surface area contributed by atoms with Crippen LogP contribution in [-0.2, 0) is 0 Å². The molecule has 1 saturated heterocycles. The van der Waals surface area contributed by atoms with E-state index in [1.165, 1.54) is 0 Å². The molecular weight excluding hydrogens is 212 g/mol. The molecule has 1 aromatic rings. The Kier molecular flexibility index (Phi) is 3.33. The summed E-state index contributed by atoms with van der Waals surface area (Å²) >= 11 is 0. The van der Waals surface area contributed by atoms with Crippen molar-refractivity contribution < 1.29 is 0 Å². The van der Waals surface area contributed by atoms with Gasteiger partial charge in [0, 0.05) is 25.2 Å². The van der Waals surface area contributed by atoms with E-state index in [9.17, 15) is 0 Å². The zero-order chi connectivity index (χ0) is 12.5. The highest BCUT2D eigenvalue weighted by atomic mass is 15.3. The van der Waals surface area contributed by atoms with Crippen molar-refractivity contribution in [3.63, 3.8) is 0 Å². The lowest BCUT2D eigenvalue weighted by Gasteiger charge is -2.43. The maximum atomic E-state index is 4.37. The van der Waals surface area contributed by atoms with Gasteiger partial charge in [0.2, 0.25) is 0 Å². The second kappa shape index (κ2) is 4.61. The Morgan fingerprint density at radius 2 is 2.06 bits per heavy atom. The van der Waals surface area contributed by atoms with E-state index in [2.05, 4.69) is 60.2 Å². The van der Waals surface area contributed by atoms with Crippen molar-refractivity contribution in [3.05, 3.63) is 17.8 Å². The van der Waals surface area contributed by atoms with Gasteiger partial charge >= 0.3 is 0 Å². The van der Waals surface area contributed by atoms with E-state index in [1.807, 2.05) is 0 Å². The van der Waals surface area contributed by atoms with Crippen molar-refractivity contribution in [1.29, 1.82) is 0 Å². The fourth-order valence-electron chi connectivity index (χ4n) is 2.20. The number of rotatable bonds is 2. The molecule has 0 unspecified atom stereocenters. The Morgan fingerprint density at radius 1 is 1.29 bits per heavy atom. The van der Waals surface area contributed by atoms with Crippen molar-refractivity contribution >= 4 is 5.82 Å². The van der Waals surface area contributed by atoms with Gasteiger partial charge in [-0.2, -0.15) is 5.10 Å². The topological polar surface area (TPSA) is 41.0 Å². The van der Waals surface area contributed by atoms with Crippen molar-refractivity contribution in [1.82, 2.24) is 15.5 Å². The highest BCUT2D eigenvalue weighted by Crippen LogP contribution is 2.23. The van der Waals surface area contributed by atoms with Crippen LogP contribution >= 0.6 is 0 Å². The first-order valence-electron chi connectivity index (χ1n) is 6.33. The molecule has 2 rings (SSSR count). The molecule has 1 aromatic heterocycles. The first-order valence-corrected chi connectivity index (χ1v) is 6.33. The molecular formula is C13H22N4. The van der Waals surface area contributed by atoms with E-state index in [1.54, 1.807) is 0 Å². The summed E-state index contributed by atoms with van der Waals surface area (Å²) in [7, 11) is 0. The third-order valence-electron chi connectivity index (χ3n) is 3.34. The van der Waals surface area contributed by atoms with Crippen LogP contribution < -0.4 is 10.2 Å². The number of anilines is 1. The average molecular weight is 234 g/mol. The van der Waals surface area contributed by atoms with E-state index < -0.39 is 0 Å². The predicted molar refractivity (Wildman–Crippen MR) is 70.4 cm³/mol. The van der Waals surface area contributed by atoms with Gasteiger partial charge in [0.1, 0.15) is 0 Å². The van der Waals surface area contributed by atoms with E-state index in [4.69, 9.17) is 0 Å². The molecule has 0 amide bonds. The van der Waals surface area contributed by atoms with E-state index >= 15 is 0 Å². The van der Waals surface area contributed by atoms with Crippen LogP contribution in [-0.4, -0.2) is 35.4 Å². The molecule has 4 nitrogen and oxygen atoms in total. The van der Waals surface area contributed by atoms with Crippen LogP contribution in [0, 0.1) is 0 Å². The Morgan fingerprint density at radius 3 is 2.59 bits per heavy atom. The van der Waals surface area contributed by atoms with Crippen LogP contribution in [0.15, 0.2) is 12.1 Å². The molecule has 0 aromatic carbocycles. The van der Waals surface area contributed by atoms with Crippen LogP contribution in [0.4, 0.5) is 5.82 Å². The smallest absolute Gasteiger partial charge is 0.151 e. The maximum Gasteiger partial charge on any atom is 0.151 e. The van der Waals surface area contributed by atoms with E-state index in [0.29, 0.717) is 5.92 Å². The lowest BCUT2D eigenvalue weighted by molar-refractivity contribution is 0.376. The Hall–Kier alpha value is -1.16. The Labute approximate surface area is 103 Å². The van der Waals surface area contributed by atoms with Crippen molar-refractivity contribution in [3.8, 4) is 0 Å². The molecule has 0 spiro atoms. The summed E-state index contributed by atoms with van der Waals surface area (Å²) in [6.07, 6.45) is 0. The van der Waals surface area contributed by atoms with Gasteiger partial charge < -0.3 is 10.2 Å². The predicted octanol–water partition coefficient (Wildman–Crippen LogP) is 1.79. The number of hydrogen-bond acceptors (Lipinski definition) is 4. The van der Waals surface area contributed by atoms with Crippen LogP contribution in [0.25, 0.3) is 0 Å². The molecule has 17 heavy (non-hydrogen) atoms. The summed E-state index contributed by atoms with van der Waals surface area (Å²) in [5, 5.41) is 12.1. The number of nitrogens with one attached hydrogen (secondary N) is 1. The van der Waals surface area contributed by atoms with Gasteiger partial charge in [0.05, 0.1) is 5.69 Å². The normalized spacial score (nSPS) is 19.7. The highest BCUT2D eigenvalue weighted by molar-refractivity contribution is 5.42. The fourth-order valence-corrected chi connectivity index (χ4v) is 2.20. The minimum atomic E-state index is 0.103. The molecule has 1 N–H and O–H groups in total. The molecule has 1 aliphatic rings. The standard InChI is InChI=1S/C13H22N4/c1-10(2)11-5-6-12(16-15-11)17-8-7-14-9-13(17,3)4/h5-6,10,14H,7-9H2,1-4H3. The molecule has 4 heteroatoms. The van der Waals surface area contributed by atoms with Gasteiger partial charge in [0.15, 0.2) is 5.82 Å². The zero-order valence-electron chi connectivity index (χ0n) is 11.2. The fraction of sp³-hybridized carbons (Fsp3) is 0.692. The van der Waals surface area contributed by atoms with Crippen molar-refractivity contribution in [2.45, 2.75) is 39.2 Å². The largest absolute Gasteiger partial charge is 0.347 e. The highest BCUT2D eigenvalue weighted by Gasteiger charge is 2.30. The summed E-state index contributed by atoms with van der Waals surface area (Å²) in [6, 6.07) is 4.18. The lowest BCUT2D eigenvalue weighted by atomic mass is 10.0. The lowest BCUT2D eigenvalue weighted by Crippen LogP contribution is -2.58. The third kappa shape index (κ3) is 2.57. The van der Waals surface area contributed by atoms with Gasteiger partial charge in [-0.3, -0.25) is 0 Å². The van der Waals surface area contributed by atoms with Crippen LogP contribution in [0.3, 0.4) is 0 Å². The van der Waals surface area contributed by atoms with Crippen LogP contribution in [0.5, 0.6) is 0 Å². The third-order valence-corrected chi connectivity index (χ3v) is 3.34. The SMILES string of the molecule is CC(C)c1ccc(N2CCNCC2(C)C)nn1. The Bertz CT molecular complexity index is 370. The van der Waals surface area contributed by atoms with Gasteiger partial charge in [-0.25, -0.2) is 0 Å². The summed E-state index contributed by atoms with van der Waals surface area (Å²) in [4.78, 5) is 2.33. The molecule has 1 aliphatic heterocycles. The average Bonchev–Trinajstić information content (AvgIpc) is 2.28. The van der Waals surface area contributed by atoms with E-state index in [0.717, 1.165) is 31.1 Å². The minimum Gasteiger partial charge on any atom is -0.347 e. The van der Waals surface area contributed by atoms with Crippen LogP contribution in [0.2, 0.25) is 0 Å². The second-order valence-electron chi connectivity index (χ2n) is 5.61. The molecule has 0 aliphatic carbocycles. The van der Waals surface area contributed by atoms with Gasteiger partial charge in [-0.15, -0.1) is 5.10 Å². The monoisotopic (exact) mass is 234 g/mol. The van der Waals surface area contributed by atoms with Gasteiger partial charge in [-0.05, 0) is 31.9 Å². The molecule has 1 fully saturated rings. The maximum absolute atomic E-state index is 4.37. The molecule has 0 radical (unpaired) electrons. The van der Waals surface area contributed by atoms with Crippen molar-refractivity contribution in [2.75, 3.05) is 24.5 Å². The number of aromatic nitrogens is 2. The summed E-state index contributed by atoms with van der Waals surface area (Å²) < 4.78 is 0. The number of piperazine rings is 1. The summed E-state index contributed by atoms with van der Waals surface area (Å²) in [6.45, 7) is 11.7.